The average molecular weight is 736 g/mol. The third-order valence-electron chi connectivity index (χ3n) is 8.80. The molecular formula is C41H47CrO9-. The Morgan fingerprint density at radius 2 is 0.922 bits per heavy atom. The van der Waals surface area contributed by atoms with Crippen molar-refractivity contribution >= 4 is 11.9 Å². The predicted octanol–water partition coefficient (Wildman–Crippen LogP) is 5.72. The van der Waals surface area contributed by atoms with Gasteiger partial charge < -0.3 is 43.4 Å². The molecule has 1 aliphatic rings. The van der Waals surface area contributed by atoms with Crippen molar-refractivity contribution in [1.82, 2.24) is 0 Å². The first kappa shape index (κ1) is 39.6. The fourth-order valence-corrected chi connectivity index (χ4v) is 5.36. The summed E-state index contributed by atoms with van der Waals surface area (Å²) < 4.78 is 32.7. The van der Waals surface area contributed by atoms with Gasteiger partial charge in [0.1, 0.15) is 67.7 Å². The summed E-state index contributed by atoms with van der Waals surface area (Å²) in [6.45, 7) is 11.3. The van der Waals surface area contributed by atoms with E-state index < -0.39 is 12.2 Å². The van der Waals surface area contributed by atoms with Crippen LogP contribution in [-0.4, -0.2) is 80.0 Å². The number of hydrogen-bond acceptors (Lipinski definition) is 9. The van der Waals surface area contributed by atoms with E-state index in [1.165, 1.54) is 12.0 Å². The van der Waals surface area contributed by atoms with Crippen molar-refractivity contribution in [1.29, 1.82) is 0 Å². The Labute approximate surface area is 309 Å². The van der Waals surface area contributed by atoms with Crippen molar-refractivity contribution < 1.29 is 59.3 Å². The molecule has 5 rings (SSSR count). The van der Waals surface area contributed by atoms with E-state index in [1.807, 2.05) is 72.8 Å². The number of aliphatic hydroxyl groups excluding tert-OH is 2. The topological polar surface area (TPSA) is 116 Å². The summed E-state index contributed by atoms with van der Waals surface area (Å²) in [5, 5.41) is 23.4. The first-order valence-corrected chi connectivity index (χ1v) is 17.6. The zero-order valence-electron chi connectivity index (χ0n) is 29.6. The number of epoxide rings is 1. The molecule has 0 saturated carbocycles. The molecule has 1 aliphatic heterocycles. The van der Waals surface area contributed by atoms with Gasteiger partial charge >= 0.3 is 21.2 Å². The van der Waals surface area contributed by atoms with E-state index >= 15 is 0 Å². The molecule has 0 radical (unpaired) electrons. The quantitative estimate of drug-likeness (QED) is 0.0922. The summed E-state index contributed by atoms with van der Waals surface area (Å²) in [7, 11) is 0. The summed E-state index contributed by atoms with van der Waals surface area (Å²) in [4.78, 5) is 10.1. The molecule has 0 amide bonds. The van der Waals surface area contributed by atoms with Gasteiger partial charge in [0.2, 0.25) is 0 Å². The van der Waals surface area contributed by atoms with Crippen LogP contribution in [0.1, 0.15) is 49.9 Å². The van der Waals surface area contributed by atoms with E-state index in [1.54, 1.807) is 0 Å². The first-order chi connectivity index (χ1) is 24.5. The van der Waals surface area contributed by atoms with Gasteiger partial charge in [0.15, 0.2) is 0 Å². The van der Waals surface area contributed by atoms with Crippen molar-refractivity contribution in [2.24, 2.45) is 0 Å². The van der Waals surface area contributed by atoms with E-state index in [-0.39, 0.29) is 43.4 Å². The maximum atomic E-state index is 10.5. The molecule has 10 heteroatoms. The number of benzene rings is 4. The molecular weight excluding hydrogens is 688 g/mol. The van der Waals surface area contributed by atoms with Gasteiger partial charge in [-0.15, -0.1) is 0 Å². The van der Waals surface area contributed by atoms with Crippen LogP contribution in [0.4, 0.5) is 0 Å². The molecule has 4 aromatic carbocycles. The van der Waals surface area contributed by atoms with Crippen LogP contribution in [0, 0.1) is 0 Å². The van der Waals surface area contributed by atoms with Crippen LogP contribution in [0.3, 0.4) is 0 Å². The zero-order valence-corrected chi connectivity index (χ0v) is 30.9. The Balaban J connectivity index is 0.00000286. The summed E-state index contributed by atoms with van der Waals surface area (Å²) in [5.74, 6) is 2.77. The number of hydrogen-bond donors (Lipinski definition) is 2. The van der Waals surface area contributed by atoms with Crippen molar-refractivity contribution in [3.8, 4) is 23.0 Å². The van der Waals surface area contributed by atoms with Gasteiger partial charge in [-0.1, -0.05) is 82.7 Å². The second-order valence-electron chi connectivity index (χ2n) is 13.2. The molecule has 2 N–H and O–H groups in total. The Morgan fingerprint density at radius 3 is 1.22 bits per heavy atom. The van der Waals surface area contributed by atoms with Crippen molar-refractivity contribution in [3.63, 3.8) is 0 Å². The van der Waals surface area contributed by atoms with Crippen molar-refractivity contribution in [3.05, 3.63) is 119 Å². The standard InChI is InChI=1S/C40H45O9.CH2.Cr/c1-39(2,28-5-13-34(14-6-28)45-22-32(42)21-44-27-41)29-7-15-35(16-8-29)46-23-33(43)24-47-36-17-9-30(10-18-36)40(3,4)31-11-19-37(20-12-31)48-25-38-26-49-38;;/h5-20,32-33,38,42-43H,21-26H2,1-4H3;1H2;/q-1;;. The van der Waals surface area contributed by atoms with E-state index in [0.29, 0.717) is 23.9 Å². The normalized spacial score (nSPS) is 15.0. The summed E-state index contributed by atoms with van der Waals surface area (Å²) in [5.41, 5.74) is 3.98. The molecule has 3 unspecified atom stereocenters. The molecule has 51 heavy (non-hydrogen) atoms. The van der Waals surface area contributed by atoms with E-state index in [2.05, 4.69) is 77.9 Å². The third-order valence-corrected chi connectivity index (χ3v) is 8.80. The third kappa shape index (κ3) is 11.7. The maximum absolute atomic E-state index is 10.5. The van der Waals surface area contributed by atoms with Crippen LogP contribution >= 0.6 is 0 Å². The van der Waals surface area contributed by atoms with Gasteiger partial charge in [0.05, 0.1) is 13.2 Å². The Kier molecular flexibility index (Phi) is 14.7. The summed E-state index contributed by atoms with van der Waals surface area (Å²) in [6.07, 6.45) is -1.50. The number of rotatable bonds is 19. The molecule has 1 fully saturated rings. The Hall–Kier alpha value is -4.17. The summed E-state index contributed by atoms with van der Waals surface area (Å²) in [6, 6.07) is 31.6. The van der Waals surface area contributed by atoms with E-state index in [4.69, 9.17) is 23.7 Å². The van der Waals surface area contributed by atoms with Crippen molar-refractivity contribution in [2.45, 2.75) is 56.8 Å². The second kappa shape index (κ2) is 18.9. The van der Waals surface area contributed by atoms with Gasteiger partial charge in [-0.3, -0.25) is 0 Å². The Morgan fingerprint density at radius 1 is 0.627 bits per heavy atom. The van der Waals surface area contributed by atoms with Crippen LogP contribution in [0.5, 0.6) is 23.0 Å². The predicted molar refractivity (Wildman–Crippen MR) is 193 cm³/mol. The fourth-order valence-electron chi connectivity index (χ4n) is 5.36. The van der Waals surface area contributed by atoms with Gasteiger partial charge in [0, 0.05) is 10.8 Å². The van der Waals surface area contributed by atoms with Crippen LogP contribution in [0.2, 0.25) is 0 Å². The summed E-state index contributed by atoms with van der Waals surface area (Å²) >= 11 is 2.38. The van der Waals surface area contributed by atoms with Crippen LogP contribution in [0.25, 0.3) is 0 Å². The molecule has 3 atom stereocenters. The molecule has 9 nitrogen and oxygen atoms in total. The van der Waals surface area contributed by atoms with E-state index in [0.717, 1.165) is 29.0 Å². The van der Waals surface area contributed by atoms with Gasteiger partial charge in [-0.2, -0.15) is 0 Å². The van der Waals surface area contributed by atoms with Crippen molar-refractivity contribution in [2.75, 3.05) is 39.6 Å². The fraction of sp³-hybridized carbons (Fsp3) is 0.366. The second-order valence-corrected chi connectivity index (χ2v) is 13.2. The van der Waals surface area contributed by atoms with E-state index in [9.17, 15) is 15.0 Å². The molecule has 1 saturated heterocycles. The molecule has 4 aromatic rings. The molecule has 0 bridgehead atoms. The zero-order chi connectivity index (χ0) is 36.9. The molecule has 272 valence electrons. The Bertz CT molecular complexity index is 1620. The van der Waals surface area contributed by atoms with Gasteiger partial charge in [0.25, 0.3) is 0 Å². The molecule has 1 heterocycles. The first-order valence-electron chi connectivity index (χ1n) is 16.7. The monoisotopic (exact) mass is 735 g/mol. The minimum absolute atomic E-state index is 0.00283. The molecule has 0 aromatic heterocycles. The number of ether oxygens (including phenoxy) is 6. The molecule has 0 aliphatic carbocycles. The number of carbonyl (C=O) groups excluding carboxylic acids is 1. The SMILES string of the molecule is CC(C)(c1ccc(OCC(O)CO[C-]=O)cc1)c1ccc(OCC(O)COc2ccc(C(C)(C)c3ccc(OCC4CO4)cc3)cc2)cc1.[CH2]=[Cr]. The van der Waals surface area contributed by atoms with Gasteiger partial charge in [-0.25, -0.2) is 0 Å². The van der Waals surface area contributed by atoms with Crippen LogP contribution in [0.15, 0.2) is 97.1 Å². The number of aliphatic hydroxyl groups is 2. The average Bonchev–Trinajstić information content (AvgIpc) is 4.00. The van der Waals surface area contributed by atoms with Gasteiger partial charge in [-0.05, 0) is 70.8 Å². The van der Waals surface area contributed by atoms with Crippen LogP contribution < -0.4 is 18.9 Å². The molecule has 0 spiro atoms. The van der Waals surface area contributed by atoms with Crippen LogP contribution in [-0.2, 0) is 40.9 Å². The minimum atomic E-state index is -0.924.